The van der Waals surface area contributed by atoms with E-state index in [9.17, 15) is 9.59 Å². The Kier molecular flexibility index (Phi) is 4.88. The first-order valence-corrected chi connectivity index (χ1v) is 7.93. The van der Waals surface area contributed by atoms with Crippen LogP contribution in [0.2, 0.25) is 0 Å². The lowest BCUT2D eigenvalue weighted by molar-refractivity contribution is -0.157. The molecule has 0 aromatic heterocycles. The molecule has 6 heteroatoms. The highest BCUT2D eigenvalue weighted by molar-refractivity contribution is 5.95. The lowest BCUT2D eigenvalue weighted by Crippen LogP contribution is -2.40. The van der Waals surface area contributed by atoms with E-state index in [0.717, 1.165) is 11.3 Å². The Morgan fingerprint density at radius 3 is 2.68 bits per heavy atom. The number of hydrogen-bond donors (Lipinski definition) is 0. The molecule has 25 heavy (non-hydrogen) atoms. The number of fused-ring (bicyclic) bond motifs is 1. The van der Waals surface area contributed by atoms with Gasteiger partial charge in [0.25, 0.3) is 5.91 Å². The molecular weight excluding hydrogens is 322 g/mol. The standard InChI is InChI=1S/C19H19NO5/c1-13-6-5-7-14(10-13)20(2)18(21)12-24-19(22)17-11-23-15-8-3-4-9-16(15)25-17/h3-10,17H,11-12H2,1-2H3/t17-/m0/s1. The molecule has 0 spiro atoms. The third kappa shape index (κ3) is 3.91. The number of likely N-dealkylation sites (N-methyl/N-ethyl adjacent to an activating group) is 1. The van der Waals surface area contributed by atoms with Gasteiger partial charge in [0.15, 0.2) is 18.1 Å². The van der Waals surface area contributed by atoms with E-state index in [-0.39, 0.29) is 19.1 Å². The molecule has 0 unspecified atom stereocenters. The van der Waals surface area contributed by atoms with Crippen LogP contribution in [-0.2, 0) is 14.3 Å². The number of amides is 1. The van der Waals surface area contributed by atoms with Gasteiger partial charge in [0.1, 0.15) is 6.61 Å². The number of rotatable bonds is 4. The van der Waals surface area contributed by atoms with Gasteiger partial charge in [-0.05, 0) is 36.8 Å². The van der Waals surface area contributed by atoms with Crippen LogP contribution in [0, 0.1) is 6.92 Å². The number of aryl methyl sites for hydroxylation is 1. The van der Waals surface area contributed by atoms with Crippen LogP contribution in [0.4, 0.5) is 5.69 Å². The Labute approximate surface area is 145 Å². The van der Waals surface area contributed by atoms with Gasteiger partial charge < -0.3 is 19.1 Å². The Morgan fingerprint density at radius 2 is 1.92 bits per heavy atom. The maximum atomic E-state index is 12.2. The fourth-order valence-corrected chi connectivity index (χ4v) is 2.44. The topological polar surface area (TPSA) is 65.1 Å². The first-order chi connectivity index (χ1) is 12.0. The summed E-state index contributed by atoms with van der Waals surface area (Å²) in [6.45, 7) is 1.64. The Bertz CT molecular complexity index is 789. The fraction of sp³-hybridized carbons (Fsp3) is 0.263. The normalized spacial score (nSPS) is 15.4. The third-order valence-electron chi connectivity index (χ3n) is 3.87. The average Bonchev–Trinajstić information content (AvgIpc) is 2.64. The molecule has 0 aliphatic carbocycles. The summed E-state index contributed by atoms with van der Waals surface area (Å²) in [5.41, 5.74) is 1.78. The maximum absolute atomic E-state index is 12.2. The molecule has 3 rings (SSSR count). The summed E-state index contributed by atoms with van der Waals surface area (Å²) in [7, 11) is 1.64. The van der Waals surface area contributed by atoms with Crippen LogP contribution in [0.5, 0.6) is 11.5 Å². The van der Waals surface area contributed by atoms with Gasteiger partial charge in [0.2, 0.25) is 6.10 Å². The molecule has 0 radical (unpaired) electrons. The van der Waals surface area contributed by atoms with Crippen LogP contribution >= 0.6 is 0 Å². The first kappa shape index (κ1) is 16.8. The quantitative estimate of drug-likeness (QED) is 0.799. The van der Waals surface area contributed by atoms with Gasteiger partial charge >= 0.3 is 5.97 Å². The minimum Gasteiger partial charge on any atom is -0.485 e. The van der Waals surface area contributed by atoms with Crippen molar-refractivity contribution in [3.05, 3.63) is 54.1 Å². The molecule has 2 aromatic rings. The Morgan fingerprint density at radius 1 is 1.16 bits per heavy atom. The molecule has 1 aliphatic heterocycles. The van der Waals surface area contributed by atoms with Crippen molar-refractivity contribution in [2.45, 2.75) is 13.0 Å². The van der Waals surface area contributed by atoms with E-state index < -0.39 is 12.1 Å². The summed E-state index contributed by atoms with van der Waals surface area (Å²) in [4.78, 5) is 25.8. The minimum atomic E-state index is -0.882. The van der Waals surface area contributed by atoms with Gasteiger partial charge in [0, 0.05) is 12.7 Å². The summed E-state index contributed by atoms with van der Waals surface area (Å²) in [5.74, 6) is 0.122. The smallest absolute Gasteiger partial charge is 0.351 e. The van der Waals surface area contributed by atoms with Crippen molar-refractivity contribution < 1.29 is 23.8 Å². The highest BCUT2D eigenvalue weighted by atomic mass is 16.6. The van der Waals surface area contributed by atoms with E-state index in [1.807, 2.05) is 37.3 Å². The van der Waals surface area contributed by atoms with Gasteiger partial charge in [-0.1, -0.05) is 24.3 Å². The Balaban J connectivity index is 1.55. The molecule has 1 atom stereocenters. The molecule has 0 bridgehead atoms. The Hall–Kier alpha value is -3.02. The van der Waals surface area contributed by atoms with Crippen LogP contribution in [-0.4, -0.2) is 38.2 Å². The zero-order valence-electron chi connectivity index (χ0n) is 14.1. The van der Waals surface area contributed by atoms with Crippen LogP contribution in [0.25, 0.3) is 0 Å². The van der Waals surface area contributed by atoms with Gasteiger partial charge in [-0.15, -0.1) is 0 Å². The lowest BCUT2D eigenvalue weighted by atomic mass is 10.2. The molecule has 1 amide bonds. The van der Waals surface area contributed by atoms with Crippen molar-refractivity contribution in [1.29, 1.82) is 0 Å². The second-order valence-electron chi connectivity index (χ2n) is 5.76. The highest BCUT2D eigenvalue weighted by Gasteiger charge is 2.29. The van der Waals surface area contributed by atoms with E-state index >= 15 is 0 Å². The predicted molar refractivity (Wildman–Crippen MR) is 91.9 cm³/mol. The molecule has 0 saturated heterocycles. The van der Waals surface area contributed by atoms with Gasteiger partial charge in [-0.25, -0.2) is 4.79 Å². The number of hydrogen-bond acceptors (Lipinski definition) is 5. The predicted octanol–water partition coefficient (Wildman–Crippen LogP) is 2.34. The molecule has 6 nitrogen and oxygen atoms in total. The molecule has 0 fully saturated rings. The second kappa shape index (κ2) is 7.25. The molecular formula is C19H19NO5. The zero-order valence-corrected chi connectivity index (χ0v) is 14.1. The van der Waals surface area contributed by atoms with Crippen LogP contribution < -0.4 is 14.4 Å². The van der Waals surface area contributed by atoms with Crippen molar-refractivity contribution in [3.63, 3.8) is 0 Å². The number of benzene rings is 2. The minimum absolute atomic E-state index is 0.0533. The molecule has 0 N–H and O–H groups in total. The summed E-state index contributed by atoms with van der Waals surface area (Å²) >= 11 is 0. The summed E-state index contributed by atoms with van der Waals surface area (Å²) in [6, 6.07) is 14.6. The molecule has 0 saturated carbocycles. The fourth-order valence-electron chi connectivity index (χ4n) is 2.44. The lowest BCUT2D eigenvalue weighted by Gasteiger charge is -2.25. The highest BCUT2D eigenvalue weighted by Crippen LogP contribution is 2.31. The second-order valence-corrected chi connectivity index (χ2v) is 5.76. The van der Waals surface area contributed by atoms with Gasteiger partial charge in [0.05, 0.1) is 0 Å². The van der Waals surface area contributed by atoms with Crippen molar-refractivity contribution >= 4 is 17.6 Å². The average molecular weight is 341 g/mol. The van der Waals surface area contributed by atoms with Crippen LogP contribution in [0.15, 0.2) is 48.5 Å². The molecule has 1 aliphatic rings. The van der Waals surface area contributed by atoms with Gasteiger partial charge in [-0.2, -0.15) is 0 Å². The number of carbonyl (C=O) groups excluding carboxylic acids is 2. The van der Waals surface area contributed by atoms with E-state index in [0.29, 0.717) is 11.5 Å². The number of para-hydroxylation sites is 2. The van der Waals surface area contributed by atoms with Crippen molar-refractivity contribution in [1.82, 2.24) is 0 Å². The van der Waals surface area contributed by atoms with Crippen molar-refractivity contribution in [2.24, 2.45) is 0 Å². The largest absolute Gasteiger partial charge is 0.485 e. The van der Waals surface area contributed by atoms with E-state index in [2.05, 4.69) is 0 Å². The van der Waals surface area contributed by atoms with Crippen molar-refractivity contribution in [3.8, 4) is 11.5 Å². The summed E-state index contributed by atoms with van der Waals surface area (Å²) in [5, 5.41) is 0. The number of ether oxygens (including phenoxy) is 3. The molecule has 1 heterocycles. The van der Waals surface area contributed by atoms with E-state index in [1.165, 1.54) is 4.90 Å². The monoisotopic (exact) mass is 341 g/mol. The van der Waals surface area contributed by atoms with Gasteiger partial charge in [-0.3, -0.25) is 4.79 Å². The summed E-state index contributed by atoms with van der Waals surface area (Å²) < 4.78 is 16.1. The number of esters is 1. The number of carbonyl (C=O) groups is 2. The molecule has 130 valence electrons. The summed E-state index contributed by atoms with van der Waals surface area (Å²) in [6.07, 6.45) is -0.882. The van der Waals surface area contributed by atoms with E-state index in [4.69, 9.17) is 14.2 Å². The number of anilines is 1. The van der Waals surface area contributed by atoms with Crippen LogP contribution in [0.3, 0.4) is 0 Å². The zero-order chi connectivity index (χ0) is 17.8. The van der Waals surface area contributed by atoms with Crippen LogP contribution in [0.1, 0.15) is 5.56 Å². The maximum Gasteiger partial charge on any atom is 0.351 e. The van der Waals surface area contributed by atoms with E-state index in [1.54, 1.807) is 25.2 Å². The van der Waals surface area contributed by atoms with Crippen molar-refractivity contribution in [2.75, 3.05) is 25.2 Å². The number of nitrogens with zero attached hydrogens (tertiary/aromatic N) is 1. The SMILES string of the molecule is Cc1cccc(N(C)C(=O)COC(=O)[C@@H]2COc3ccccc3O2)c1. The first-order valence-electron chi connectivity index (χ1n) is 7.93. The molecule has 2 aromatic carbocycles. The third-order valence-corrected chi connectivity index (χ3v) is 3.87.